The van der Waals surface area contributed by atoms with Crippen LogP contribution < -0.4 is 4.90 Å². The van der Waals surface area contributed by atoms with Crippen molar-refractivity contribution in [3.05, 3.63) is 60.0 Å². The maximum atomic E-state index is 13.3. The number of anilines is 1. The first kappa shape index (κ1) is 21.3. The van der Waals surface area contributed by atoms with E-state index in [4.69, 9.17) is 0 Å². The number of hydrogen-bond donors (Lipinski definition) is 0. The lowest BCUT2D eigenvalue weighted by Crippen LogP contribution is -2.49. The molecule has 1 aliphatic heterocycles. The van der Waals surface area contributed by atoms with E-state index in [1.54, 1.807) is 19.2 Å². The molecule has 0 unspecified atom stereocenters. The van der Waals surface area contributed by atoms with Crippen molar-refractivity contribution >= 4 is 15.8 Å². The molecular formula is C20H19F3N4O3S. The third kappa shape index (κ3) is 4.28. The second-order valence-corrected chi connectivity index (χ2v) is 9.04. The van der Waals surface area contributed by atoms with Crippen molar-refractivity contribution in [2.24, 2.45) is 0 Å². The van der Waals surface area contributed by atoms with E-state index in [0.29, 0.717) is 18.7 Å². The molecule has 3 heterocycles. The lowest BCUT2D eigenvalue weighted by Gasteiger charge is -2.34. The zero-order valence-electron chi connectivity index (χ0n) is 16.5. The molecule has 0 radical (unpaired) electrons. The highest BCUT2D eigenvalue weighted by atomic mass is 32.2. The van der Waals surface area contributed by atoms with Gasteiger partial charge < -0.3 is 9.42 Å². The van der Waals surface area contributed by atoms with Gasteiger partial charge in [0.05, 0.1) is 4.90 Å². The Labute approximate surface area is 177 Å². The van der Waals surface area contributed by atoms with Crippen molar-refractivity contribution in [1.29, 1.82) is 0 Å². The number of nitrogens with zero attached hydrogens (tertiary/aromatic N) is 4. The first-order chi connectivity index (χ1) is 14.7. The molecule has 0 amide bonds. The van der Waals surface area contributed by atoms with E-state index < -0.39 is 22.0 Å². The number of pyridine rings is 1. The quantitative estimate of drug-likeness (QED) is 0.602. The largest absolute Gasteiger partial charge is 0.452 e. The number of hydrogen-bond acceptors (Lipinski definition) is 6. The smallest absolute Gasteiger partial charge is 0.354 e. The third-order valence-electron chi connectivity index (χ3n) is 5.10. The SMILES string of the molecule is Cc1ccc(-c2cc(C(F)(F)F)on2)cc1S(=O)(=O)N1CCN(c2ccccn2)CC1. The number of benzene rings is 1. The molecule has 31 heavy (non-hydrogen) atoms. The number of alkyl halides is 3. The van der Waals surface area contributed by atoms with Crippen LogP contribution in [0, 0.1) is 6.92 Å². The molecule has 11 heteroatoms. The minimum atomic E-state index is -4.67. The molecule has 2 aromatic heterocycles. The molecule has 0 spiro atoms. The predicted octanol–water partition coefficient (Wildman–Crippen LogP) is 3.57. The second kappa shape index (κ2) is 7.97. The molecule has 0 saturated carbocycles. The standard InChI is InChI=1S/C20H19F3N4O3S/c1-14-5-6-15(16-13-18(30-25-16)20(21,22)23)12-17(14)31(28,29)27-10-8-26(9-11-27)19-4-2-3-7-24-19/h2-7,12-13H,8-11H2,1H3. The zero-order valence-corrected chi connectivity index (χ0v) is 17.3. The fourth-order valence-corrected chi connectivity index (χ4v) is 5.09. The highest BCUT2D eigenvalue weighted by Crippen LogP contribution is 2.33. The molecule has 1 fully saturated rings. The van der Waals surface area contributed by atoms with Crippen LogP contribution in [0.2, 0.25) is 0 Å². The fourth-order valence-electron chi connectivity index (χ4n) is 3.42. The summed E-state index contributed by atoms with van der Waals surface area (Å²) in [6, 6.07) is 10.7. The van der Waals surface area contributed by atoms with Gasteiger partial charge in [-0.05, 0) is 30.7 Å². The molecule has 1 saturated heterocycles. The Morgan fingerprint density at radius 2 is 1.77 bits per heavy atom. The van der Waals surface area contributed by atoms with Crippen molar-refractivity contribution < 1.29 is 26.1 Å². The van der Waals surface area contributed by atoms with E-state index in [0.717, 1.165) is 11.9 Å². The molecule has 4 rings (SSSR count). The van der Waals surface area contributed by atoms with Crippen LogP contribution in [-0.2, 0) is 16.2 Å². The molecule has 1 aromatic carbocycles. The van der Waals surface area contributed by atoms with E-state index >= 15 is 0 Å². The topological polar surface area (TPSA) is 79.5 Å². The van der Waals surface area contributed by atoms with Gasteiger partial charge in [0.15, 0.2) is 0 Å². The number of sulfonamides is 1. The monoisotopic (exact) mass is 452 g/mol. The van der Waals surface area contributed by atoms with Gasteiger partial charge >= 0.3 is 6.18 Å². The van der Waals surface area contributed by atoms with Gasteiger partial charge in [-0.15, -0.1) is 0 Å². The molecule has 0 N–H and O–H groups in total. The Balaban J connectivity index is 1.57. The number of rotatable bonds is 4. The van der Waals surface area contributed by atoms with Crippen LogP contribution in [0.15, 0.2) is 58.1 Å². The Hall–Kier alpha value is -2.92. The van der Waals surface area contributed by atoms with Gasteiger partial charge in [-0.25, -0.2) is 13.4 Å². The molecule has 7 nitrogen and oxygen atoms in total. The minimum absolute atomic E-state index is 0.0350. The summed E-state index contributed by atoms with van der Waals surface area (Å²) in [5, 5.41) is 3.44. The molecule has 3 aromatic rings. The van der Waals surface area contributed by atoms with Crippen LogP contribution in [-0.4, -0.2) is 49.0 Å². The molecule has 164 valence electrons. The van der Waals surface area contributed by atoms with Gasteiger partial charge in [0.1, 0.15) is 11.5 Å². The highest BCUT2D eigenvalue weighted by Gasteiger charge is 2.36. The summed E-state index contributed by atoms with van der Waals surface area (Å²) in [6.07, 6.45) is -2.99. The number of piperazine rings is 1. The third-order valence-corrected chi connectivity index (χ3v) is 7.14. The summed E-state index contributed by atoms with van der Waals surface area (Å²) >= 11 is 0. The van der Waals surface area contributed by atoms with E-state index in [2.05, 4.69) is 14.7 Å². The van der Waals surface area contributed by atoms with Gasteiger partial charge in [-0.2, -0.15) is 17.5 Å². The Bertz CT molecular complexity index is 1170. The van der Waals surface area contributed by atoms with Crippen LogP contribution in [0.5, 0.6) is 0 Å². The summed E-state index contributed by atoms with van der Waals surface area (Å²) < 4.78 is 70.7. The van der Waals surface area contributed by atoms with Crippen molar-refractivity contribution in [1.82, 2.24) is 14.4 Å². The minimum Gasteiger partial charge on any atom is -0.354 e. The average molecular weight is 452 g/mol. The second-order valence-electron chi connectivity index (χ2n) is 7.13. The highest BCUT2D eigenvalue weighted by molar-refractivity contribution is 7.89. The normalized spacial score (nSPS) is 15.9. The lowest BCUT2D eigenvalue weighted by atomic mass is 10.1. The maximum absolute atomic E-state index is 13.3. The van der Waals surface area contributed by atoms with Crippen molar-refractivity contribution in [3.63, 3.8) is 0 Å². The zero-order chi connectivity index (χ0) is 22.2. The molecule has 0 aliphatic carbocycles. The maximum Gasteiger partial charge on any atom is 0.452 e. The first-order valence-electron chi connectivity index (χ1n) is 9.47. The number of halogens is 3. The molecule has 0 atom stereocenters. The summed E-state index contributed by atoms with van der Waals surface area (Å²) in [5.41, 5.74) is 0.648. The van der Waals surface area contributed by atoms with E-state index in [1.165, 1.54) is 16.4 Å². The van der Waals surface area contributed by atoms with Crippen LogP contribution in [0.1, 0.15) is 11.3 Å². The number of aryl methyl sites for hydroxylation is 1. The van der Waals surface area contributed by atoms with Gasteiger partial charge in [-0.1, -0.05) is 23.4 Å². The van der Waals surface area contributed by atoms with Gasteiger partial charge in [0.25, 0.3) is 0 Å². The van der Waals surface area contributed by atoms with E-state index in [9.17, 15) is 21.6 Å². The van der Waals surface area contributed by atoms with Crippen LogP contribution in [0.25, 0.3) is 11.3 Å². The molecular weight excluding hydrogens is 433 g/mol. The van der Waals surface area contributed by atoms with Crippen LogP contribution in [0.3, 0.4) is 0 Å². The van der Waals surface area contributed by atoms with Gasteiger partial charge in [-0.3, -0.25) is 0 Å². The van der Waals surface area contributed by atoms with Gasteiger partial charge in [0, 0.05) is 44.0 Å². The van der Waals surface area contributed by atoms with Crippen molar-refractivity contribution in [2.45, 2.75) is 18.0 Å². The Morgan fingerprint density at radius 1 is 1.03 bits per heavy atom. The lowest BCUT2D eigenvalue weighted by molar-refractivity contribution is -0.155. The Kier molecular flexibility index (Phi) is 5.48. The Morgan fingerprint density at radius 3 is 2.39 bits per heavy atom. The summed E-state index contributed by atoms with van der Waals surface area (Å²) in [5.74, 6) is -0.456. The van der Waals surface area contributed by atoms with E-state index in [-0.39, 0.29) is 29.2 Å². The van der Waals surface area contributed by atoms with Crippen LogP contribution >= 0.6 is 0 Å². The summed E-state index contributed by atoms with van der Waals surface area (Å²) in [4.78, 5) is 6.33. The van der Waals surface area contributed by atoms with Gasteiger partial charge in [0.2, 0.25) is 15.8 Å². The first-order valence-corrected chi connectivity index (χ1v) is 10.9. The van der Waals surface area contributed by atoms with E-state index in [1.807, 2.05) is 23.1 Å². The van der Waals surface area contributed by atoms with Crippen molar-refractivity contribution in [3.8, 4) is 11.3 Å². The van der Waals surface area contributed by atoms with Crippen molar-refractivity contribution in [2.75, 3.05) is 31.1 Å². The predicted molar refractivity (Wildman–Crippen MR) is 107 cm³/mol. The average Bonchev–Trinajstić information content (AvgIpc) is 3.26. The number of aromatic nitrogens is 2. The molecule has 1 aliphatic rings. The fraction of sp³-hybridized carbons (Fsp3) is 0.300. The molecule has 0 bridgehead atoms. The summed E-state index contributed by atoms with van der Waals surface area (Å²) in [7, 11) is -3.84. The van der Waals surface area contributed by atoms with Crippen LogP contribution in [0.4, 0.5) is 19.0 Å². The summed E-state index contributed by atoms with van der Waals surface area (Å²) in [6.45, 7) is 3.14.